The molecule has 0 aliphatic carbocycles. The van der Waals surface area contributed by atoms with E-state index in [4.69, 9.17) is 5.73 Å². The number of hydrogen-bond donors (Lipinski definition) is 2. The maximum atomic E-state index is 11.5. The van der Waals surface area contributed by atoms with E-state index in [2.05, 4.69) is 15.3 Å². The summed E-state index contributed by atoms with van der Waals surface area (Å²) in [6, 6.07) is 1.93. The number of nitrogen functional groups attached to an aromatic ring is 1. The molecule has 2 rings (SSSR count). The van der Waals surface area contributed by atoms with Crippen LogP contribution in [0.15, 0.2) is 11.4 Å². The molecule has 20 heavy (non-hydrogen) atoms. The minimum absolute atomic E-state index is 0.0333. The molecular weight excluding hydrogens is 274 g/mol. The van der Waals surface area contributed by atoms with Crippen LogP contribution in [-0.4, -0.2) is 41.4 Å². The van der Waals surface area contributed by atoms with E-state index in [0.29, 0.717) is 24.7 Å². The third-order valence-electron chi connectivity index (χ3n) is 3.09. The molecule has 2 aromatic rings. The summed E-state index contributed by atoms with van der Waals surface area (Å²) < 4.78 is 0. The molecule has 0 aliphatic heterocycles. The highest BCUT2D eigenvalue weighted by Crippen LogP contribution is 2.23. The lowest BCUT2D eigenvalue weighted by Crippen LogP contribution is -2.34. The van der Waals surface area contributed by atoms with Crippen molar-refractivity contribution in [2.75, 3.05) is 26.4 Å². The number of carbonyl (C=O) groups is 1. The van der Waals surface area contributed by atoms with E-state index in [0.717, 1.165) is 10.2 Å². The molecule has 0 saturated heterocycles. The van der Waals surface area contributed by atoms with E-state index in [1.165, 1.54) is 0 Å². The highest BCUT2D eigenvalue weighted by Gasteiger charge is 2.15. The van der Waals surface area contributed by atoms with Gasteiger partial charge in [0.1, 0.15) is 16.5 Å². The van der Waals surface area contributed by atoms with Crippen LogP contribution in [0.2, 0.25) is 0 Å². The van der Waals surface area contributed by atoms with Crippen molar-refractivity contribution in [3.63, 3.8) is 0 Å². The van der Waals surface area contributed by atoms with Crippen molar-refractivity contribution in [1.29, 1.82) is 0 Å². The van der Waals surface area contributed by atoms with Crippen LogP contribution in [0.5, 0.6) is 0 Å². The van der Waals surface area contributed by atoms with Gasteiger partial charge in [-0.3, -0.25) is 9.69 Å². The number of anilines is 1. The van der Waals surface area contributed by atoms with Gasteiger partial charge in [-0.1, -0.05) is 6.92 Å². The second kappa shape index (κ2) is 6.15. The molecular formula is C13H19N5OS. The molecule has 0 aliphatic rings. The fourth-order valence-corrected chi connectivity index (χ4v) is 2.89. The number of nitrogens with two attached hydrogens (primary N) is 1. The maximum absolute atomic E-state index is 11.5. The van der Waals surface area contributed by atoms with Gasteiger partial charge in [-0.25, -0.2) is 9.97 Å². The second-order valence-corrected chi connectivity index (χ2v) is 5.77. The molecule has 2 heterocycles. The SMILES string of the molecule is CNC(=O)C(C)CN(C)Cc1nc(N)c2ccsc2n1. The summed E-state index contributed by atoms with van der Waals surface area (Å²) in [5, 5.41) is 5.51. The van der Waals surface area contributed by atoms with Crippen LogP contribution in [0, 0.1) is 5.92 Å². The van der Waals surface area contributed by atoms with Crippen molar-refractivity contribution in [2.45, 2.75) is 13.5 Å². The van der Waals surface area contributed by atoms with E-state index < -0.39 is 0 Å². The van der Waals surface area contributed by atoms with Gasteiger partial charge in [-0.15, -0.1) is 11.3 Å². The normalized spacial score (nSPS) is 12.8. The van der Waals surface area contributed by atoms with Crippen LogP contribution in [-0.2, 0) is 11.3 Å². The first-order valence-corrected chi connectivity index (χ1v) is 7.29. The maximum Gasteiger partial charge on any atom is 0.223 e. The number of carbonyl (C=O) groups excluding carboxylic acids is 1. The van der Waals surface area contributed by atoms with Crippen molar-refractivity contribution in [1.82, 2.24) is 20.2 Å². The Morgan fingerprint density at radius 3 is 3.00 bits per heavy atom. The van der Waals surface area contributed by atoms with E-state index >= 15 is 0 Å². The Morgan fingerprint density at radius 2 is 2.30 bits per heavy atom. The number of fused-ring (bicyclic) bond motifs is 1. The molecule has 0 bridgehead atoms. The number of thiophene rings is 1. The van der Waals surface area contributed by atoms with E-state index in [1.807, 2.05) is 30.3 Å². The van der Waals surface area contributed by atoms with Gasteiger partial charge in [0.05, 0.1) is 11.9 Å². The zero-order chi connectivity index (χ0) is 14.7. The molecule has 1 atom stereocenters. The highest BCUT2D eigenvalue weighted by atomic mass is 32.1. The zero-order valence-electron chi connectivity index (χ0n) is 11.9. The molecule has 0 aromatic carbocycles. The minimum atomic E-state index is -0.0761. The summed E-state index contributed by atoms with van der Waals surface area (Å²) in [5.74, 6) is 1.15. The summed E-state index contributed by atoms with van der Waals surface area (Å²) in [6.45, 7) is 3.11. The average Bonchev–Trinajstić information content (AvgIpc) is 2.86. The summed E-state index contributed by atoms with van der Waals surface area (Å²) >= 11 is 1.55. The lowest BCUT2D eigenvalue weighted by atomic mass is 10.1. The fraction of sp³-hybridized carbons (Fsp3) is 0.462. The van der Waals surface area contributed by atoms with Crippen LogP contribution in [0.4, 0.5) is 5.82 Å². The minimum Gasteiger partial charge on any atom is -0.383 e. The molecule has 7 heteroatoms. The number of rotatable bonds is 5. The lowest BCUT2D eigenvalue weighted by molar-refractivity contribution is -0.124. The Kier molecular flexibility index (Phi) is 4.51. The first kappa shape index (κ1) is 14.7. The van der Waals surface area contributed by atoms with Gasteiger partial charge >= 0.3 is 0 Å². The summed E-state index contributed by atoms with van der Waals surface area (Å²) in [5.41, 5.74) is 5.92. The molecule has 1 amide bonds. The lowest BCUT2D eigenvalue weighted by Gasteiger charge is -2.19. The standard InChI is InChI=1S/C13H19N5OS/c1-8(12(19)15-2)6-18(3)7-10-16-11(14)9-4-5-20-13(9)17-10/h4-5,8H,6-7H2,1-3H3,(H,15,19)(H2,14,16,17). The average molecular weight is 293 g/mol. The van der Waals surface area contributed by atoms with E-state index in [9.17, 15) is 4.79 Å². The molecule has 0 radical (unpaired) electrons. The van der Waals surface area contributed by atoms with Crippen molar-refractivity contribution >= 4 is 33.3 Å². The molecule has 3 N–H and O–H groups in total. The molecule has 1 unspecified atom stereocenters. The first-order chi connectivity index (χ1) is 9.51. The van der Waals surface area contributed by atoms with Crippen LogP contribution in [0.25, 0.3) is 10.2 Å². The smallest absolute Gasteiger partial charge is 0.223 e. The number of amides is 1. The van der Waals surface area contributed by atoms with Crippen LogP contribution in [0.1, 0.15) is 12.7 Å². The predicted molar refractivity (Wildman–Crippen MR) is 81.4 cm³/mol. The monoisotopic (exact) mass is 293 g/mol. The Labute approximate surface area is 122 Å². The van der Waals surface area contributed by atoms with Gasteiger partial charge < -0.3 is 11.1 Å². The molecule has 6 nitrogen and oxygen atoms in total. The quantitative estimate of drug-likeness (QED) is 0.862. The first-order valence-electron chi connectivity index (χ1n) is 6.41. The van der Waals surface area contributed by atoms with Crippen molar-refractivity contribution in [3.05, 3.63) is 17.3 Å². The molecule has 0 fully saturated rings. The summed E-state index contributed by atoms with van der Waals surface area (Å²) in [4.78, 5) is 23.2. The van der Waals surface area contributed by atoms with Gasteiger partial charge in [0.15, 0.2) is 0 Å². The highest BCUT2D eigenvalue weighted by molar-refractivity contribution is 7.16. The van der Waals surface area contributed by atoms with E-state index in [1.54, 1.807) is 18.4 Å². The fourth-order valence-electron chi connectivity index (χ4n) is 2.10. The molecule has 0 saturated carbocycles. The number of nitrogens with zero attached hydrogens (tertiary/aromatic N) is 3. The summed E-state index contributed by atoms with van der Waals surface area (Å²) in [6.07, 6.45) is 0. The molecule has 108 valence electrons. The van der Waals surface area contributed by atoms with Gasteiger partial charge in [0.2, 0.25) is 5.91 Å². The van der Waals surface area contributed by atoms with Crippen molar-refractivity contribution < 1.29 is 4.79 Å². The van der Waals surface area contributed by atoms with E-state index in [-0.39, 0.29) is 11.8 Å². The largest absolute Gasteiger partial charge is 0.383 e. The van der Waals surface area contributed by atoms with Crippen molar-refractivity contribution in [3.8, 4) is 0 Å². The number of hydrogen-bond acceptors (Lipinski definition) is 6. The molecule has 0 spiro atoms. The Hall–Kier alpha value is -1.73. The second-order valence-electron chi connectivity index (χ2n) is 4.88. The Bertz CT molecular complexity index is 612. The topological polar surface area (TPSA) is 84.1 Å². The Balaban J connectivity index is 2.06. The molecule has 2 aromatic heterocycles. The van der Waals surface area contributed by atoms with Crippen molar-refractivity contribution in [2.24, 2.45) is 5.92 Å². The predicted octanol–water partition coefficient (Wildman–Crippen LogP) is 1.09. The third-order valence-corrected chi connectivity index (χ3v) is 3.90. The van der Waals surface area contributed by atoms with Gasteiger partial charge in [-0.2, -0.15) is 0 Å². The van der Waals surface area contributed by atoms with Crippen LogP contribution >= 0.6 is 11.3 Å². The van der Waals surface area contributed by atoms with Crippen LogP contribution in [0.3, 0.4) is 0 Å². The zero-order valence-corrected chi connectivity index (χ0v) is 12.7. The van der Waals surface area contributed by atoms with Gasteiger partial charge in [0, 0.05) is 19.5 Å². The van der Waals surface area contributed by atoms with Gasteiger partial charge in [-0.05, 0) is 18.5 Å². The number of aromatic nitrogens is 2. The third kappa shape index (κ3) is 3.23. The van der Waals surface area contributed by atoms with Crippen LogP contribution < -0.4 is 11.1 Å². The summed E-state index contributed by atoms with van der Waals surface area (Å²) in [7, 11) is 3.59. The number of nitrogens with one attached hydrogen (secondary N) is 1. The van der Waals surface area contributed by atoms with Gasteiger partial charge in [0.25, 0.3) is 0 Å². The Morgan fingerprint density at radius 1 is 1.55 bits per heavy atom.